The van der Waals surface area contributed by atoms with Crippen LogP contribution in [0.2, 0.25) is 0 Å². The molecule has 17 heavy (non-hydrogen) atoms. The average molecular weight is 237 g/mol. The van der Waals surface area contributed by atoms with Gasteiger partial charge in [-0.05, 0) is 55.9 Å². The van der Waals surface area contributed by atoms with Crippen molar-refractivity contribution in [3.63, 3.8) is 0 Å². The van der Waals surface area contributed by atoms with E-state index in [1.54, 1.807) is 0 Å². The lowest BCUT2D eigenvalue weighted by Gasteiger charge is -2.34. The highest BCUT2D eigenvalue weighted by Gasteiger charge is 2.43. The molecule has 0 spiro atoms. The second kappa shape index (κ2) is 6.22. The van der Waals surface area contributed by atoms with E-state index in [1.165, 1.54) is 51.5 Å². The van der Waals surface area contributed by atoms with Crippen LogP contribution in [0.1, 0.15) is 65.7 Å². The van der Waals surface area contributed by atoms with Crippen molar-refractivity contribution in [1.29, 1.82) is 0 Å². The van der Waals surface area contributed by atoms with Crippen LogP contribution >= 0.6 is 0 Å². The molecule has 100 valence electrons. The van der Waals surface area contributed by atoms with Crippen LogP contribution in [0.15, 0.2) is 0 Å². The van der Waals surface area contributed by atoms with E-state index in [2.05, 4.69) is 26.1 Å². The largest absolute Gasteiger partial charge is 0.313 e. The van der Waals surface area contributed by atoms with Crippen LogP contribution in [0.25, 0.3) is 0 Å². The van der Waals surface area contributed by atoms with Crippen molar-refractivity contribution in [2.45, 2.75) is 71.8 Å². The molecular formula is C16H31N. The van der Waals surface area contributed by atoms with Crippen molar-refractivity contribution in [3.8, 4) is 0 Å². The molecule has 0 saturated heterocycles. The highest BCUT2D eigenvalue weighted by atomic mass is 14.9. The van der Waals surface area contributed by atoms with Gasteiger partial charge in [-0.15, -0.1) is 0 Å². The number of hydrogen-bond acceptors (Lipinski definition) is 1. The van der Waals surface area contributed by atoms with Gasteiger partial charge in [-0.1, -0.05) is 40.0 Å². The van der Waals surface area contributed by atoms with E-state index < -0.39 is 0 Å². The fourth-order valence-corrected chi connectivity index (χ4v) is 3.79. The smallest absolute Gasteiger partial charge is 0.0126 e. The molecule has 0 amide bonds. The number of nitrogens with one attached hydrogen (secondary N) is 1. The van der Waals surface area contributed by atoms with Gasteiger partial charge in [-0.3, -0.25) is 0 Å². The molecule has 0 aromatic carbocycles. The molecule has 1 heteroatoms. The van der Waals surface area contributed by atoms with E-state index in [0.717, 1.165) is 29.7 Å². The van der Waals surface area contributed by atoms with Gasteiger partial charge in [0.25, 0.3) is 0 Å². The molecule has 0 aliphatic heterocycles. The Morgan fingerprint density at radius 1 is 1.12 bits per heavy atom. The Balaban J connectivity index is 1.83. The summed E-state index contributed by atoms with van der Waals surface area (Å²) < 4.78 is 0. The third kappa shape index (κ3) is 3.47. The second-order valence-electron chi connectivity index (χ2n) is 6.55. The van der Waals surface area contributed by atoms with E-state index in [-0.39, 0.29) is 0 Å². The second-order valence-corrected chi connectivity index (χ2v) is 6.55. The van der Waals surface area contributed by atoms with Gasteiger partial charge in [-0.2, -0.15) is 0 Å². The quantitative estimate of drug-likeness (QED) is 0.729. The SMILES string of the molecule is CCCNC(C1CCC(CC)CC1)C1CC1C. The first-order valence-corrected chi connectivity index (χ1v) is 7.99. The lowest BCUT2D eigenvalue weighted by molar-refractivity contribution is 0.200. The molecule has 0 aromatic rings. The normalized spacial score (nSPS) is 39.0. The van der Waals surface area contributed by atoms with Crippen molar-refractivity contribution in [2.24, 2.45) is 23.7 Å². The van der Waals surface area contributed by atoms with Gasteiger partial charge >= 0.3 is 0 Å². The minimum absolute atomic E-state index is 0.850. The van der Waals surface area contributed by atoms with Crippen molar-refractivity contribution in [2.75, 3.05) is 6.54 Å². The maximum Gasteiger partial charge on any atom is 0.0126 e. The standard InChI is InChI=1S/C16H31N/c1-4-10-17-16(15-11-12(15)3)14-8-6-13(5-2)7-9-14/h12-17H,4-11H2,1-3H3. The van der Waals surface area contributed by atoms with E-state index in [9.17, 15) is 0 Å². The lowest BCUT2D eigenvalue weighted by Crippen LogP contribution is -2.40. The van der Waals surface area contributed by atoms with Crippen LogP contribution < -0.4 is 5.32 Å². The Labute approximate surface area is 108 Å². The molecule has 2 rings (SSSR count). The van der Waals surface area contributed by atoms with Crippen molar-refractivity contribution in [1.82, 2.24) is 5.32 Å². The predicted octanol–water partition coefficient (Wildman–Crippen LogP) is 4.23. The Morgan fingerprint density at radius 3 is 2.24 bits per heavy atom. The van der Waals surface area contributed by atoms with Crippen LogP contribution in [0.4, 0.5) is 0 Å². The zero-order valence-corrected chi connectivity index (χ0v) is 12.0. The summed E-state index contributed by atoms with van der Waals surface area (Å²) in [5.41, 5.74) is 0. The summed E-state index contributed by atoms with van der Waals surface area (Å²) in [6.07, 6.45) is 10.1. The third-order valence-electron chi connectivity index (χ3n) is 5.24. The molecule has 3 unspecified atom stereocenters. The van der Waals surface area contributed by atoms with Crippen LogP contribution in [0.5, 0.6) is 0 Å². The number of hydrogen-bond donors (Lipinski definition) is 1. The summed E-state index contributed by atoms with van der Waals surface area (Å²) in [5.74, 6) is 4.02. The minimum Gasteiger partial charge on any atom is -0.313 e. The van der Waals surface area contributed by atoms with Crippen LogP contribution in [0.3, 0.4) is 0 Å². The lowest BCUT2D eigenvalue weighted by atomic mass is 9.76. The highest BCUT2D eigenvalue weighted by Crippen LogP contribution is 2.46. The van der Waals surface area contributed by atoms with E-state index >= 15 is 0 Å². The maximum atomic E-state index is 3.86. The van der Waals surface area contributed by atoms with Crippen molar-refractivity contribution >= 4 is 0 Å². The fourth-order valence-electron chi connectivity index (χ4n) is 3.79. The van der Waals surface area contributed by atoms with Crippen molar-refractivity contribution < 1.29 is 0 Å². The molecule has 2 aliphatic rings. The van der Waals surface area contributed by atoms with Gasteiger partial charge in [0, 0.05) is 6.04 Å². The fraction of sp³-hybridized carbons (Fsp3) is 1.00. The highest BCUT2D eigenvalue weighted by molar-refractivity contribution is 4.96. The summed E-state index contributed by atoms with van der Waals surface area (Å²) in [5, 5.41) is 3.86. The topological polar surface area (TPSA) is 12.0 Å². The minimum atomic E-state index is 0.850. The molecule has 2 fully saturated rings. The molecule has 2 aliphatic carbocycles. The van der Waals surface area contributed by atoms with Gasteiger partial charge in [0.05, 0.1) is 0 Å². The zero-order valence-electron chi connectivity index (χ0n) is 12.0. The van der Waals surface area contributed by atoms with Gasteiger partial charge in [0.2, 0.25) is 0 Å². The molecule has 0 bridgehead atoms. The summed E-state index contributed by atoms with van der Waals surface area (Å²) in [6.45, 7) is 8.31. The molecule has 3 atom stereocenters. The molecule has 0 radical (unpaired) electrons. The Hall–Kier alpha value is -0.0400. The van der Waals surface area contributed by atoms with Gasteiger partial charge in [0.1, 0.15) is 0 Å². The van der Waals surface area contributed by atoms with Crippen LogP contribution in [0, 0.1) is 23.7 Å². The van der Waals surface area contributed by atoms with Crippen LogP contribution in [-0.2, 0) is 0 Å². The molecule has 2 saturated carbocycles. The summed E-state index contributed by atoms with van der Waals surface area (Å²) in [4.78, 5) is 0. The molecule has 1 N–H and O–H groups in total. The maximum absolute atomic E-state index is 3.86. The predicted molar refractivity (Wildman–Crippen MR) is 75.1 cm³/mol. The molecular weight excluding hydrogens is 206 g/mol. The van der Waals surface area contributed by atoms with Gasteiger partial charge in [-0.25, -0.2) is 0 Å². The summed E-state index contributed by atoms with van der Waals surface area (Å²) in [7, 11) is 0. The molecule has 0 heterocycles. The van der Waals surface area contributed by atoms with E-state index in [0.29, 0.717) is 0 Å². The third-order valence-corrected chi connectivity index (χ3v) is 5.24. The Kier molecular flexibility index (Phi) is 4.90. The Morgan fingerprint density at radius 2 is 1.76 bits per heavy atom. The van der Waals surface area contributed by atoms with Crippen molar-refractivity contribution in [3.05, 3.63) is 0 Å². The first-order chi connectivity index (χ1) is 8.26. The number of rotatable bonds is 6. The zero-order chi connectivity index (χ0) is 12.3. The molecule has 0 aromatic heterocycles. The molecule has 1 nitrogen and oxygen atoms in total. The monoisotopic (exact) mass is 237 g/mol. The van der Waals surface area contributed by atoms with Crippen LogP contribution in [-0.4, -0.2) is 12.6 Å². The van der Waals surface area contributed by atoms with E-state index in [1.807, 2.05) is 0 Å². The first-order valence-electron chi connectivity index (χ1n) is 7.99. The van der Waals surface area contributed by atoms with Gasteiger partial charge < -0.3 is 5.32 Å². The summed E-state index contributed by atoms with van der Waals surface area (Å²) >= 11 is 0. The first kappa shape index (κ1) is 13.4. The Bertz CT molecular complexity index is 218. The average Bonchev–Trinajstić information content (AvgIpc) is 3.08. The van der Waals surface area contributed by atoms with Gasteiger partial charge in [0.15, 0.2) is 0 Å². The summed E-state index contributed by atoms with van der Waals surface area (Å²) in [6, 6.07) is 0.850. The van der Waals surface area contributed by atoms with E-state index in [4.69, 9.17) is 0 Å².